The zero-order valence-corrected chi connectivity index (χ0v) is 18.2. The third-order valence-electron chi connectivity index (χ3n) is 5.73. The predicted molar refractivity (Wildman–Crippen MR) is 125 cm³/mol. The van der Waals surface area contributed by atoms with E-state index >= 15 is 4.39 Å². The smallest absolute Gasteiger partial charge is 0.230 e. The molecule has 4 aromatic rings. The van der Waals surface area contributed by atoms with Gasteiger partial charge in [-0.25, -0.2) is 14.4 Å². The highest BCUT2D eigenvalue weighted by atomic mass is 19.1. The van der Waals surface area contributed by atoms with Crippen LogP contribution in [0.1, 0.15) is 31.8 Å². The molecule has 33 heavy (non-hydrogen) atoms. The van der Waals surface area contributed by atoms with E-state index in [1.807, 2.05) is 6.92 Å². The third-order valence-corrected chi connectivity index (χ3v) is 5.73. The quantitative estimate of drug-likeness (QED) is 0.393. The maximum absolute atomic E-state index is 15.2. The molecule has 172 valence electrons. The Morgan fingerprint density at radius 2 is 2.00 bits per heavy atom. The zero-order chi connectivity index (χ0) is 27.1. The lowest BCUT2D eigenvalue weighted by molar-refractivity contribution is 0.254. The summed E-state index contributed by atoms with van der Waals surface area (Å²) in [5, 5.41) is 0.595. The molecule has 0 saturated carbocycles. The van der Waals surface area contributed by atoms with Crippen LogP contribution in [0.3, 0.4) is 0 Å². The summed E-state index contributed by atoms with van der Waals surface area (Å²) in [4.78, 5) is 13.5. The predicted octanol–water partition coefficient (Wildman–Crippen LogP) is 5.22. The van der Waals surface area contributed by atoms with Gasteiger partial charge in [-0.1, -0.05) is 0 Å². The highest BCUT2D eigenvalue weighted by Crippen LogP contribution is 2.37. The van der Waals surface area contributed by atoms with Crippen molar-refractivity contribution in [2.45, 2.75) is 26.2 Å². The Balaban J connectivity index is 1.49. The van der Waals surface area contributed by atoms with Gasteiger partial charge in [0, 0.05) is 29.2 Å². The number of nitrogens with one attached hydrogen (secondary N) is 1. The number of nitrogens with zero attached hydrogens (tertiary/aromatic N) is 3. The molecular formula is C25H27FN4O3. The monoisotopic (exact) mass is 455 g/mol. The van der Waals surface area contributed by atoms with Crippen LogP contribution in [0.2, 0.25) is 0 Å². The molecule has 8 heteroatoms. The zero-order valence-electron chi connectivity index (χ0n) is 23.2. The molecule has 1 aliphatic heterocycles. The van der Waals surface area contributed by atoms with E-state index in [4.69, 9.17) is 21.1 Å². The molecule has 1 N–H and O–H groups in total. The second-order valence-electron chi connectivity index (χ2n) is 8.04. The molecule has 7 nitrogen and oxygen atoms in total. The highest BCUT2D eigenvalue weighted by molar-refractivity contribution is 5.87. The molecule has 2 aromatic carbocycles. The number of rotatable bonds is 8. The normalized spacial score (nSPS) is 17.3. The van der Waals surface area contributed by atoms with Gasteiger partial charge in [-0.3, -0.25) is 0 Å². The fraction of sp³-hybridized carbons (Fsp3) is 0.360. The molecule has 1 fully saturated rings. The van der Waals surface area contributed by atoms with E-state index in [9.17, 15) is 0 Å². The van der Waals surface area contributed by atoms with Crippen molar-refractivity contribution in [3.05, 3.63) is 48.2 Å². The van der Waals surface area contributed by atoms with Gasteiger partial charge < -0.3 is 24.1 Å². The largest absolute Gasteiger partial charge is 0.493 e. The first-order chi connectivity index (χ1) is 18.0. The fourth-order valence-electron chi connectivity index (χ4n) is 4.09. The van der Waals surface area contributed by atoms with Crippen molar-refractivity contribution < 1.29 is 25.5 Å². The van der Waals surface area contributed by atoms with E-state index in [1.54, 1.807) is 12.1 Å². The Morgan fingerprint density at radius 3 is 2.85 bits per heavy atom. The van der Waals surface area contributed by atoms with Crippen LogP contribution in [0.5, 0.6) is 23.1 Å². The molecule has 0 radical (unpaired) electrons. The van der Waals surface area contributed by atoms with Gasteiger partial charge in [0.15, 0.2) is 23.1 Å². The molecule has 0 amide bonds. The maximum atomic E-state index is 15.2. The van der Waals surface area contributed by atoms with Crippen LogP contribution in [-0.4, -0.2) is 53.1 Å². The van der Waals surface area contributed by atoms with Crippen LogP contribution >= 0.6 is 0 Å². The summed E-state index contributed by atoms with van der Waals surface area (Å²) in [6, 6.07) is 7.49. The van der Waals surface area contributed by atoms with Gasteiger partial charge in [0.1, 0.15) is 6.33 Å². The first-order valence-electron chi connectivity index (χ1n) is 13.3. The minimum Gasteiger partial charge on any atom is -0.493 e. The molecule has 0 atom stereocenters. The average molecular weight is 456 g/mol. The van der Waals surface area contributed by atoms with Crippen molar-refractivity contribution in [3.8, 4) is 23.1 Å². The van der Waals surface area contributed by atoms with Crippen LogP contribution < -0.4 is 14.2 Å². The summed E-state index contributed by atoms with van der Waals surface area (Å²) in [7, 11) is -2.84. The van der Waals surface area contributed by atoms with Gasteiger partial charge in [-0.15, -0.1) is 0 Å². The van der Waals surface area contributed by atoms with E-state index in [2.05, 4.69) is 19.9 Å². The molecule has 1 saturated heterocycles. The molecule has 0 bridgehead atoms. The molecule has 2 aromatic heterocycles. The number of benzene rings is 2. The van der Waals surface area contributed by atoms with Crippen LogP contribution in [-0.2, 0) is 0 Å². The van der Waals surface area contributed by atoms with Crippen LogP contribution in [0, 0.1) is 12.7 Å². The summed E-state index contributed by atoms with van der Waals surface area (Å²) in [6.07, 6.45) is 3.46. The van der Waals surface area contributed by atoms with Gasteiger partial charge in [-0.2, -0.15) is 0 Å². The van der Waals surface area contributed by atoms with Gasteiger partial charge in [0.25, 0.3) is 0 Å². The molecule has 5 rings (SSSR count). The topological polar surface area (TPSA) is 72.5 Å². The van der Waals surface area contributed by atoms with Crippen molar-refractivity contribution >= 4 is 21.8 Å². The summed E-state index contributed by atoms with van der Waals surface area (Å²) in [5.74, 6) is -1.05. The number of ether oxygens (including phenoxy) is 3. The van der Waals surface area contributed by atoms with E-state index < -0.39 is 19.4 Å². The second kappa shape index (κ2) is 9.23. The van der Waals surface area contributed by atoms with Gasteiger partial charge in [-0.05, 0) is 63.5 Å². The number of methoxy groups -OCH3 is 1. The molecule has 0 unspecified atom stereocenters. The lowest BCUT2D eigenvalue weighted by Gasteiger charge is -2.16. The van der Waals surface area contributed by atoms with E-state index in [0.717, 1.165) is 31.6 Å². The summed E-state index contributed by atoms with van der Waals surface area (Å²) in [6.45, 7) is 2.06. The highest BCUT2D eigenvalue weighted by Gasteiger charge is 2.17. The van der Waals surface area contributed by atoms with Crippen LogP contribution in [0.4, 0.5) is 4.39 Å². The fourth-order valence-corrected chi connectivity index (χ4v) is 4.09. The van der Waals surface area contributed by atoms with Crippen molar-refractivity contribution in [1.82, 2.24) is 19.9 Å². The van der Waals surface area contributed by atoms with Crippen molar-refractivity contribution in [1.29, 1.82) is 0 Å². The Bertz CT molecular complexity index is 1470. The Labute approximate surface area is 198 Å². The van der Waals surface area contributed by atoms with Crippen molar-refractivity contribution in [2.24, 2.45) is 0 Å². The third kappa shape index (κ3) is 4.43. The number of aryl methyl sites for hydroxylation is 1. The van der Waals surface area contributed by atoms with Crippen molar-refractivity contribution in [2.75, 3.05) is 33.2 Å². The summed E-state index contributed by atoms with van der Waals surface area (Å²) in [5.41, 5.74) is 1.69. The lowest BCUT2D eigenvalue weighted by Crippen LogP contribution is -2.21. The van der Waals surface area contributed by atoms with E-state index in [-0.39, 0.29) is 40.5 Å². The Kier molecular flexibility index (Phi) is 4.55. The lowest BCUT2D eigenvalue weighted by atomic mass is 10.2. The Hall–Kier alpha value is -3.39. The number of H-pyrrole nitrogens is 1. The minimum absolute atomic E-state index is 0.0282. The number of aromatic nitrogens is 3. The van der Waals surface area contributed by atoms with Gasteiger partial charge in [0.05, 0.1) is 31.4 Å². The SMILES string of the molecule is [2H]C([2H])([2H])Oc1cc2c(Oc3ccc4[nH]c(C)cc4c3F)ncnc2cc1OC([2H])([2H])CCN1CCCC1. The minimum atomic E-state index is -2.84. The first kappa shape index (κ1) is 16.3. The summed E-state index contributed by atoms with van der Waals surface area (Å²) < 4.78 is 71.2. The van der Waals surface area contributed by atoms with Gasteiger partial charge in [0.2, 0.25) is 5.88 Å². The number of aromatic amines is 1. The van der Waals surface area contributed by atoms with Crippen LogP contribution in [0.25, 0.3) is 21.8 Å². The van der Waals surface area contributed by atoms with E-state index in [0.29, 0.717) is 17.4 Å². The standard InChI is InChI=1S/C25H27FN4O3/c1-16-12-17-19(29-16)6-7-21(24(17)26)33-25-18-13-22(31-2)23(14-20(18)27-15-28-25)32-11-5-10-30-8-3-4-9-30/h6-7,12-15,29H,3-5,8-11H2,1-2H3/i2D3,11D2. The first-order valence-corrected chi connectivity index (χ1v) is 10.8. The molecule has 0 spiro atoms. The summed E-state index contributed by atoms with van der Waals surface area (Å²) >= 11 is 0. The molecule has 1 aliphatic rings. The number of likely N-dealkylation sites (tertiary alicyclic amines) is 1. The molecule has 3 heterocycles. The van der Waals surface area contributed by atoms with Gasteiger partial charge >= 0.3 is 0 Å². The Morgan fingerprint density at radius 1 is 1.12 bits per heavy atom. The number of hydrogen-bond acceptors (Lipinski definition) is 6. The van der Waals surface area contributed by atoms with E-state index in [1.165, 1.54) is 24.5 Å². The number of hydrogen-bond donors (Lipinski definition) is 1. The molecular weight excluding hydrogens is 423 g/mol. The van der Waals surface area contributed by atoms with Crippen LogP contribution in [0.15, 0.2) is 36.7 Å². The molecule has 0 aliphatic carbocycles. The second-order valence-corrected chi connectivity index (χ2v) is 8.04. The number of halogens is 1. The van der Waals surface area contributed by atoms with Crippen molar-refractivity contribution in [3.63, 3.8) is 0 Å². The average Bonchev–Trinajstić information content (AvgIpc) is 3.49. The number of fused-ring (bicyclic) bond motifs is 2. The maximum Gasteiger partial charge on any atom is 0.230 e.